The Bertz CT molecular complexity index is 7840. The van der Waals surface area contributed by atoms with Gasteiger partial charge in [0.1, 0.15) is 23.7 Å². The number of aryl methyl sites for hydroxylation is 6. The zero-order valence-electron chi connectivity index (χ0n) is 69.6. The topological polar surface area (TPSA) is 351 Å². The van der Waals surface area contributed by atoms with Crippen molar-refractivity contribution in [2.45, 2.75) is 51.6 Å². The van der Waals surface area contributed by atoms with Crippen LogP contribution in [0.3, 0.4) is 0 Å². The maximum atomic E-state index is 11.5. The van der Waals surface area contributed by atoms with Crippen LogP contribution in [-0.4, -0.2) is 135 Å². The Balaban J connectivity index is 0.000000102. The highest BCUT2D eigenvalue weighted by atomic mass is 32.1. The lowest BCUT2D eigenvalue weighted by Gasteiger charge is -2.06. The average Bonchev–Trinajstić information content (AvgIpc) is 1.22. The van der Waals surface area contributed by atoms with E-state index < -0.39 is 5.91 Å². The van der Waals surface area contributed by atoms with Crippen molar-refractivity contribution in [3.05, 3.63) is 403 Å². The zero-order chi connectivity index (χ0) is 87.3. The second-order valence-electron chi connectivity index (χ2n) is 30.2. The number of carbonyl (C=O) groups is 1. The standard InChI is InChI=1S/C21H15N5.C20H14N6O2S.2C20H16N6.C19H16N4/c1-2-5-15(6-3-1)19-9-10-20-23-24-21(26(20)25-19)13-16-7-4-8-17-14-22-12-11-18(16)17;21-20(27)16-10-14-19(29-16)15(8-9-22-14)28-11-18-24-23-17-7-6-13(25-26(17)18)12-4-2-1-3-5-12;2*1-2-4-15(5-3-1)17-7-9-19-24-23-18(26(19)25-17)8-6-14-10-12-21-20-16(14)11-13-22-20;1-3-7-15(8-4-1)11-13-18-20-21-19-14-12-17(22-23(18)19)16-9-5-2-6-10-16/h1-12,14H,13H2;1-10H,11H2,(H2,21,27);2*1-5,7,9-13H,6,8H2,(H,21,22);1-10,12,14H,11,13H2. The monoisotopic (exact) mass is 1720 g/mol. The molecular formula is C100H77N27O2S. The number of benzene rings is 7. The van der Waals surface area contributed by atoms with E-state index >= 15 is 0 Å². The molecule has 30 heteroatoms. The molecule has 7 aromatic carbocycles. The first-order valence-corrected chi connectivity index (χ1v) is 42.9. The average molecular weight is 1720 g/mol. The van der Waals surface area contributed by atoms with Gasteiger partial charge in [-0.3, -0.25) is 14.8 Å². The fourth-order valence-electron chi connectivity index (χ4n) is 15.3. The number of carbonyl (C=O) groups excluding carboxylic acids is 1. The van der Waals surface area contributed by atoms with E-state index in [1.54, 1.807) is 22.8 Å². The molecule has 0 radical (unpaired) electrons. The quantitative estimate of drug-likeness (QED) is 0.0638. The number of nitrogens with two attached hydrogens (primary N) is 1. The summed E-state index contributed by atoms with van der Waals surface area (Å²) >= 11 is 1.25. The molecule has 29 nitrogen and oxygen atoms in total. The molecule has 0 aliphatic heterocycles. The van der Waals surface area contributed by atoms with E-state index in [1.807, 2.05) is 237 Å². The van der Waals surface area contributed by atoms with E-state index in [0.717, 1.165) is 173 Å². The van der Waals surface area contributed by atoms with Crippen molar-refractivity contribution in [1.82, 2.24) is 129 Å². The van der Waals surface area contributed by atoms with E-state index in [-0.39, 0.29) is 6.61 Å². The molecule has 0 spiro atoms. The van der Waals surface area contributed by atoms with Gasteiger partial charge in [0.15, 0.2) is 57.4 Å². The van der Waals surface area contributed by atoms with Crippen LogP contribution < -0.4 is 10.5 Å². The van der Waals surface area contributed by atoms with Gasteiger partial charge in [-0.25, -0.2) is 9.97 Å². The third kappa shape index (κ3) is 18.0. The summed E-state index contributed by atoms with van der Waals surface area (Å²) in [6.07, 6.45) is 18.5. The van der Waals surface area contributed by atoms with Crippen LogP contribution in [0.5, 0.6) is 5.75 Å². The summed E-state index contributed by atoms with van der Waals surface area (Å²) in [5, 5.41) is 70.9. The van der Waals surface area contributed by atoms with Crippen LogP contribution in [-0.2, 0) is 51.6 Å². The summed E-state index contributed by atoms with van der Waals surface area (Å²) in [7, 11) is 0. The molecule has 0 atom stereocenters. The number of fused-ring (bicyclic) bond motifs is 9. The number of pyridine rings is 4. The number of H-pyrrole nitrogens is 2. The summed E-state index contributed by atoms with van der Waals surface area (Å²) in [5.41, 5.74) is 26.3. The molecule has 24 rings (SSSR count). The van der Waals surface area contributed by atoms with Gasteiger partial charge in [-0.15, -0.1) is 62.3 Å². The van der Waals surface area contributed by atoms with Crippen LogP contribution in [0.4, 0.5) is 0 Å². The molecule has 630 valence electrons. The highest BCUT2D eigenvalue weighted by Gasteiger charge is 2.19. The molecule has 24 aromatic rings. The number of hydrogen-bond acceptors (Lipinski definition) is 22. The molecule has 0 aliphatic carbocycles. The molecule has 0 saturated carbocycles. The summed E-state index contributed by atoms with van der Waals surface area (Å²) in [4.78, 5) is 35.3. The van der Waals surface area contributed by atoms with Crippen LogP contribution in [0.2, 0.25) is 0 Å². The summed E-state index contributed by atoms with van der Waals surface area (Å²) in [5.74, 6) is 4.11. The number of nitrogens with one attached hydrogen (secondary N) is 2. The maximum absolute atomic E-state index is 11.5. The van der Waals surface area contributed by atoms with Gasteiger partial charge in [-0.05, 0) is 144 Å². The minimum atomic E-state index is -0.486. The molecule has 4 N–H and O–H groups in total. The van der Waals surface area contributed by atoms with Crippen molar-refractivity contribution in [3.8, 4) is 62.0 Å². The fourth-order valence-corrected chi connectivity index (χ4v) is 16.3. The van der Waals surface area contributed by atoms with Gasteiger partial charge in [0.25, 0.3) is 5.91 Å². The van der Waals surface area contributed by atoms with Crippen LogP contribution in [0.15, 0.2) is 347 Å². The number of aromatic amines is 2. The smallest absolute Gasteiger partial charge is 0.258 e. The third-order valence-corrected chi connectivity index (χ3v) is 23.1. The predicted octanol–water partition coefficient (Wildman–Crippen LogP) is 17.5. The molecule has 0 bridgehead atoms. The normalized spacial score (nSPS) is 11.2. The molecule has 0 fully saturated rings. The molecule has 1 amide bonds. The minimum Gasteiger partial charge on any atom is -0.484 e. The lowest BCUT2D eigenvalue weighted by molar-refractivity contribution is 0.100. The van der Waals surface area contributed by atoms with Gasteiger partial charge in [0.05, 0.1) is 43.6 Å². The van der Waals surface area contributed by atoms with E-state index in [1.165, 1.54) is 39.0 Å². The Morgan fingerprint density at radius 2 is 0.731 bits per heavy atom. The molecular weight excluding hydrogens is 1640 g/mol. The summed E-state index contributed by atoms with van der Waals surface area (Å²) < 4.78 is 15.8. The lowest BCUT2D eigenvalue weighted by Crippen LogP contribution is -2.08. The number of amides is 1. The summed E-state index contributed by atoms with van der Waals surface area (Å²) in [6.45, 7) is 0.162. The Kier molecular flexibility index (Phi) is 23.3. The second kappa shape index (κ2) is 37.5. The number of thiophene rings is 1. The van der Waals surface area contributed by atoms with E-state index in [9.17, 15) is 4.79 Å². The van der Waals surface area contributed by atoms with Gasteiger partial charge < -0.3 is 20.4 Å². The Hall–Kier alpha value is -17.5. The zero-order valence-corrected chi connectivity index (χ0v) is 70.4. The first kappa shape index (κ1) is 80.8. The van der Waals surface area contributed by atoms with Crippen LogP contribution >= 0.6 is 11.3 Å². The van der Waals surface area contributed by atoms with Crippen molar-refractivity contribution in [1.29, 1.82) is 0 Å². The minimum absolute atomic E-state index is 0.162. The van der Waals surface area contributed by atoms with Gasteiger partial charge in [0, 0.05) is 119 Å². The molecule has 130 heavy (non-hydrogen) atoms. The first-order chi connectivity index (χ1) is 64.2. The highest BCUT2D eigenvalue weighted by Crippen LogP contribution is 2.34. The largest absolute Gasteiger partial charge is 0.484 e. The first-order valence-electron chi connectivity index (χ1n) is 42.1. The molecule has 0 saturated heterocycles. The van der Waals surface area contributed by atoms with Crippen molar-refractivity contribution < 1.29 is 9.53 Å². The number of ether oxygens (including phenoxy) is 1. The Labute approximate surface area is 744 Å². The van der Waals surface area contributed by atoms with Crippen LogP contribution in [0.25, 0.3) is 128 Å². The van der Waals surface area contributed by atoms with Crippen molar-refractivity contribution >= 4 is 88.5 Å². The highest BCUT2D eigenvalue weighted by molar-refractivity contribution is 7.21. The van der Waals surface area contributed by atoms with Crippen molar-refractivity contribution in [2.24, 2.45) is 5.73 Å². The number of rotatable bonds is 20. The van der Waals surface area contributed by atoms with Gasteiger partial charge >= 0.3 is 0 Å². The third-order valence-electron chi connectivity index (χ3n) is 21.9. The van der Waals surface area contributed by atoms with Gasteiger partial charge in [-0.1, -0.05) is 200 Å². The van der Waals surface area contributed by atoms with E-state index in [0.29, 0.717) is 34.0 Å². The predicted molar refractivity (Wildman–Crippen MR) is 499 cm³/mol. The number of aromatic nitrogens is 26. The maximum Gasteiger partial charge on any atom is 0.258 e. The molecule has 17 aromatic heterocycles. The van der Waals surface area contributed by atoms with Crippen LogP contribution in [0, 0.1) is 0 Å². The van der Waals surface area contributed by atoms with E-state index in [4.69, 9.17) is 30.9 Å². The van der Waals surface area contributed by atoms with Gasteiger partial charge in [-0.2, -0.15) is 48.1 Å². The van der Waals surface area contributed by atoms with Gasteiger partial charge in [0.2, 0.25) is 0 Å². The SMILES string of the molecule is NC(=O)c1cc2nccc(OCc3nnc4ccc(-c5ccccc5)nn34)c2s1.c1ccc(-c2ccc3nnc(CCc4ccnc5[nH]ccc45)n3n2)cc1.c1ccc(-c2ccc3nnc(CCc4ccnc5[nH]ccc45)n3n2)cc1.c1ccc(-c2ccc3nnc(Cc4cccc5cnccc45)n3n2)cc1.c1ccc(CCc2nnc3ccc(-c4ccccc4)nn23)cc1. The molecule has 17 heterocycles. The Morgan fingerprint density at radius 1 is 0.338 bits per heavy atom. The van der Waals surface area contributed by atoms with E-state index in [2.05, 4.69) is 195 Å². The number of primary amides is 1. The van der Waals surface area contributed by atoms with Crippen molar-refractivity contribution in [2.75, 3.05) is 0 Å². The Morgan fingerprint density at radius 3 is 1.17 bits per heavy atom. The van der Waals surface area contributed by atoms with Crippen LogP contribution in [0.1, 0.15) is 61.0 Å². The lowest BCUT2D eigenvalue weighted by atomic mass is 10.0. The number of nitrogens with zero attached hydrogens (tertiary/aromatic N) is 24. The molecule has 0 unspecified atom stereocenters. The van der Waals surface area contributed by atoms with Crippen molar-refractivity contribution in [3.63, 3.8) is 0 Å². The number of hydrogen-bond donors (Lipinski definition) is 3. The second-order valence-corrected chi connectivity index (χ2v) is 31.3. The molecule has 0 aliphatic rings. The fraction of sp³-hybridized carbons (Fsp3) is 0.0800. The summed E-state index contributed by atoms with van der Waals surface area (Å²) in [6, 6.07) is 100.